The van der Waals surface area contributed by atoms with Crippen LogP contribution in [0.15, 0.2) is 24.3 Å². The average molecular weight is 250 g/mol. The molecule has 92 valence electrons. The van der Waals surface area contributed by atoms with Gasteiger partial charge in [-0.25, -0.2) is 0 Å². The van der Waals surface area contributed by atoms with E-state index in [4.69, 9.17) is 11.6 Å². The largest absolute Gasteiger partial charge is 0.302 e. The van der Waals surface area contributed by atoms with Crippen LogP contribution in [0.2, 0.25) is 0 Å². The number of rotatable bonds is 0. The summed E-state index contributed by atoms with van der Waals surface area (Å²) in [4.78, 5) is 2.52. The van der Waals surface area contributed by atoms with Gasteiger partial charge in [0.15, 0.2) is 0 Å². The second kappa shape index (κ2) is 4.29. The van der Waals surface area contributed by atoms with Crippen molar-refractivity contribution in [2.24, 2.45) is 5.92 Å². The number of aryl methyl sites for hydroxylation is 1. The molecule has 1 aromatic rings. The van der Waals surface area contributed by atoms with Gasteiger partial charge in [0.1, 0.15) is 0 Å². The Balaban J connectivity index is 2.03. The van der Waals surface area contributed by atoms with E-state index in [1.165, 1.54) is 24.0 Å². The molecule has 1 aliphatic heterocycles. The highest BCUT2D eigenvalue weighted by Crippen LogP contribution is 2.44. The summed E-state index contributed by atoms with van der Waals surface area (Å²) in [5.41, 5.74) is 3.02. The number of piperidine rings is 1. The number of likely N-dealkylation sites (N-methyl/N-ethyl adjacent to an activating group) is 1. The van der Waals surface area contributed by atoms with Crippen LogP contribution in [0.1, 0.15) is 30.4 Å². The van der Waals surface area contributed by atoms with Gasteiger partial charge in [-0.2, -0.15) is 0 Å². The summed E-state index contributed by atoms with van der Waals surface area (Å²) in [6.45, 7) is 3.42. The molecule has 17 heavy (non-hydrogen) atoms. The van der Waals surface area contributed by atoms with Crippen molar-refractivity contribution in [3.05, 3.63) is 35.4 Å². The molecule has 3 rings (SSSR count). The average Bonchev–Trinajstić information content (AvgIpc) is 2.35. The Morgan fingerprint density at radius 1 is 1.29 bits per heavy atom. The Labute approximate surface area is 109 Å². The molecular weight excluding hydrogens is 230 g/mol. The van der Waals surface area contributed by atoms with Crippen LogP contribution in [0.3, 0.4) is 0 Å². The predicted octanol–water partition coefficient (Wildman–Crippen LogP) is 3.27. The Bertz CT molecular complexity index is 417. The number of likely N-dealkylation sites (tertiary alicyclic amines) is 1. The highest BCUT2D eigenvalue weighted by atomic mass is 35.5. The van der Waals surface area contributed by atoms with Crippen LogP contribution in [0.4, 0.5) is 0 Å². The molecule has 0 N–H and O–H groups in total. The number of fused-ring (bicyclic) bond motifs is 3. The first kappa shape index (κ1) is 11.6. The van der Waals surface area contributed by atoms with Gasteiger partial charge in [0.25, 0.3) is 0 Å². The highest BCUT2D eigenvalue weighted by Gasteiger charge is 2.42. The van der Waals surface area contributed by atoms with Crippen molar-refractivity contribution >= 4 is 11.6 Å². The monoisotopic (exact) mass is 249 g/mol. The maximum absolute atomic E-state index is 6.71. The molecule has 2 heteroatoms. The fraction of sp³-hybridized carbons (Fsp3) is 0.600. The van der Waals surface area contributed by atoms with Crippen molar-refractivity contribution in [1.82, 2.24) is 4.90 Å². The van der Waals surface area contributed by atoms with Crippen molar-refractivity contribution in [2.75, 3.05) is 13.6 Å². The number of halogens is 1. The van der Waals surface area contributed by atoms with E-state index in [1.54, 1.807) is 0 Å². The molecule has 0 saturated carbocycles. The lowest BCUT2D eigenvalue weighted by atomic mass is 9.72. The fourth-order valence-corrected chi connectivity index (χ4v) is 4.08. The van der Waals surface area contributed by atoms with E-state index in [2.05, 4.69) is 43.1 Å². The first-order valence-electron chi connectivity index (χ1n) is 6.60. The summed E-state index contributed by atoms with van der Waals surface area (Å²) in [5.74, 6) is 1.10. The van der Waals surface area contributed by atoms with Gasteiger partial charge in [-0.05, 0) is 36.9 Å². The van der Waals surface area contributed by atoms with Crippen LogP contribution < -0.4 is 0 Å². The summed E-state index contributed by atoms with van der Waals surface area (Å²) in [7, 11) is 2.25. The smallest absolute Gasteiger partial charge is 0.0457 e. The van der Waals surface area contributed by atoms with Crippen LogP contribution >= 0.6 is 11.6 Å². The highest BCUT2D eigenvalue weighted by molar-refractivity contribution is 6.21. The van der Waals surface area contributed by atoms with Crippen LogP contribution in [-0.4, -0.2) is 29.9 Å². The fourth-order valence-electron chi connectivity index (χ4n) is 3.70. The Kier molecular flexibility index (Phi) is 2.92. The van der Waals surface area contributed by atoms with Gasteiger partial charge in [0.05, 0.1) is 0 Å². The summed E-state index contributed by atoms with van der Waals surface area (Å²) in [6.07, 6.45) is 2.47. The van der Waals surface area contributed by atoms with E-state index >= 15 is 0 Å². The second-order valence-corrected chi connectivity index (χ2v) is 6.20. The van der Waals surface area contributed by atoms with Gasteiger partial charge in [0.2, 0.25) is 0 Å². The summed E-state index contributed by atoms with van der Waals surface area (Å²) >= 11 is 6.71. The molecule has 0 radical (unpaired) electrons. The van der Waals surface area contributed by atoms with Crippen molar-refractivity contribution < 1.29 is 0 Å². The third-order valence-electron chi connectivity index (χ3n) is 4.57. The first-order valence-corrected chi connectivity index (χ1v) is 7.04. The second-order valence-electron chi connectivity index (χ2n) is 5.69. The normalized spacial score (nSPS) is 37.4. The number of nitrogens with zero attached hydrogens (tertiary/aromatic N) is 1. The van der Waals surface area contributed by atoms with Crippen LogP contribution in [0.25, 0.3) is 0 Å². The molecule has 2 aliphatic rings. The lowest BCUT2D eigenvalue weighted by molar-refractivity contribution is 0.112. The maximum atomic E-state index is 6.71. The van der Waals surface area contributed by atoms with Gasteiger partial charge in [-0.15, -0.1) is 11.6 Å². The molecule has 0 aromatic heterocycles. The van der Waals surface area contributed by atoms with Crippen molar-refractivity contribution in [2.45, 2.75) is 37.1 Å². The standard InChI is InChI=1S/C15H20ClN/c1-10-9-17(2)13-8-7-11-5-3-4-6-12(11)14(13)15(10)16/h3-6,10,13-15H,7-9H2,1-2H3/t10-,13+,14+,15+/m0/s1. The number of hydrogen-bond donors (Lipinski definition) is 0. The minimum absolute atomic E-state index is 0.289. The van der Waals surface area contributed by atoms with Crippen LogP contribution in [0, 0.1) is 5.92 Å². The summed E-state index contributed by atoms with van der Waals surface area (Å²) in [6, 6.07) is 9.51. The van der Waals surface area contributed by atoms with E-state index in [9.17, 15) is 0 Å². The zero-order valence-electron chi connectivity index (χ0n) is 10.6. The number of alkyl halides is 1. The lowest BCUT2D eigenvalue weighted by Crippen LogP contribution is -2.52. The molecule has 1 saturated heterocycles. The topological polar surface area (TPSA) is 3.24 Å². The van der Waals surface area contributed by atoms with Gasteiger partial charge in [-0.1, -0.05) is 31.2 Å². The lowest BCUT2D eigenvalue weighted by Gasteiger charge is -2.48. The van der Waals surface area contributed by atoms with E-state index in [0.717, 1.165) is 6.54 Å². The molecular formula is C15H20ClN. The Morgan fingerprint density at radius 2 is 2.06 bits per heavy atom. The molecule has 1 aromatic carbocycles. The SMILES string of the molecule is C[C@H]1CN(C)[C@@H]2CCc3ccccc3[C@H]2[C@@H]1Cl. The summed E-state index contributed by atoms with van der Waals surface area (Å²) < 4.78 is 0. The van der Waals surface area contributed by atoms with E-state index in [-0.39, 0.29) is 5.38 Å². The Hall–Kier alpha value is -0.530. The maximum Gasteiger partial charge on any atom is 0.0457 e. The molecule has 1 aliphatic carbocycles. The van der Waals surface area contributed by atoms with E-state index < -0.39 is 0 Å². The van der Waals surface area contributed by atoms with Gasteiger partial charge in [-0.3, -0.25) is 0 Å². The zero-order chi connectivity index (χ0) is 12.0. The first-order chi connectivity index (χ1) is 8.18. The Morgan fingerprint density at radius 3 is 2.88 bits per heavy atom. The summed E-state index contributed by atoms with van der Waals surface area (Å²) in [5, 5.41) is 0.289. The predicted molar refractivity (Wildman–Crippen MR) is 72.7 cm³/mol. The molecule has 0 bridgehead atoms. The third kappa shape index (κ3) is 1.80. The van der Waals surface area contributed by atoms with Crippen LogP contribution in [0.5, 0.6) is 0 Å². The third-order valence-corrected chi connectivity index (χ3v) is 5.27. The molecule has 0 unspecified atom stereocenters. The quantitative estimate of drug-likeness (QED) is 0.638. The van der Waals surface area contributed by atoms with Gasteiger partial charge >= 0.3 is 0 Å². The minimum Gasteiger partial charge on any atom is -0.302 e. The molecule has 4 atom stereocenters. The number of hydrogen-bond acceptors (Lipinski definition) is 1. The van der Waals surface area contributed by atoms with Crippen molar-refractivity contribution in [3.63, 3.8) is 0 Å². The molecule has 0 spiro atoms. The molecule has 0 amide bonds. The van der Waals surface area contributed by atoms with E-state index in [1.807, 2.05) is 0 Å². The van der Waals surface area contributed by atoms with Gasteiger partial charge in [0, 0.05) is 23.9 Å². The zero-order valence-corrected chi connectivity index (χ0v) is 11.3. The van der Waals surface area contributed by atoms with Crippen LogP contribution in [-0.2, 0) is 6.42 Å². The van der Waals surface area contributed by atoms with Crippen molar-refractivity contribution in [1.29, 1.82) is 0 Å². The van der Waals surface area contributed by atoms with Crippen molar-refractivity contribution in [3.8, 4) is 0 Å². The molecule has 1 fully saturated rings. The number of benzene rings is 1. The minimum atomic E-state index is 0.289. The molecule has 1 heterocycles. The van der Waals surface area contributed by atoms with E-state index in [0.29, 0.717) is 17.9 Å². The van der Waals surface area contributed by atoms with Gasteiger partial charge < -0.3 is 4.90 Å². The molecule has 1 nitrogen and oxygen atoms in total.